The molecule has 140 valence electrons. The van der Waals surface area contributed by atoms with Crippen LogP contribution in [0.15, 0.2) is 77.6 Å². The fraction of sp³-hybridized carbons (Fsp3) is 0.136. The van der Waals surface area contributed by atoms with Crippen molar-refractivity contribution in [2.75, 3.05) is 6.54 Å². The first kappa shape index (κ1) is 18.7. The average Bonchev–Trinajstić information content (AvgIpc) is 3.34. The smallest absolute Gasteiger partial charge is 0.242 e. The number of hydrogen-bond donors (Lipinski definition) is 0. The van der Waals surface area contributed by atoms with E-state index in [4.69, 9.17) is 4.99 Å². The highest BCUT2D eigenvalue weighted by molar-refractivity contribution is 8.15. The van der Waals surface area contributed by atoms with Crippen LogP contribution in [0.25, 0.3) is 10.8 Å². The summed E-state index contributed by atoms with van der Waals surface area (Å²) < 4.78 is 0. The van der Waals surface area contributed by atoms with Gasteiger partial charge in [-0.25, -0.2) is 4.99 Å². The maximum Gasteiger partial charge on any atom is 0.242 e. The normalized spacial score (nSPS) is 18.1. The molecule has 1 fully saturated rings. The van der Waals surface area contributed by atoms with Crippen molar-refractivity contribution in [1.29, 1.82) is 0 Å². The number of nitrogens with zero attached hydrogens (tertiary/aromatic N) is 2. The summed E-state index contributed by atoms with van der Waals surface area (Å²) in [6.45, 7) is 4.13. The number of rotatable bonds is 6. The van der Waals surface area contributed by atoms with E-state index in [1.165, 1.54) is 23.1 Å². The first-order valence-corrected chi connectivity index (χ1v) is 10.7. The first-order valence-electron chi connectivity index (χ1n) is 8.89. The molecule has 2 aromatic carbocycles. The number of thioether (sulfide) groups is 1. The lowest BCUT2D eigenvalue weighted by molar-refractivity contribution is -0.125. The monoisotopic (exact) mass is 406 g/mol. The molecule has 0 saturated carbocycles. The summed E-state index contributed by atoms with van der Waals surface area (Å²) in [5.74, 6) is -0.0976. The summed E-state index contributed by atoms with van der Waals surface area (Å²) >= 11 is 2.76. The van der Waals surface area contributed by atoms with Crippen LogP contribution in [0.1, 0.15) is 16.1 Å². The zero-order chi connectivity index (χ0) is 19.5. The number of benzene rings is 2. The van der Waals surface area contributed by atoms with Crippen LogP contribution >= 0.6 is 23.1 Å². The van der Waals surface area contributed by atoms with E-state index in [-0.39, 0.29) is 18.1 Å². The highest BCUT2D eigenvalue weighted by Gasteiger charge is 2.38. The molecular formula is C22H18N2O2S2. The zero-order valence-electron chi connectivity index (χ0n) is 15.1. The number of amides is 1. The van der Waals surface area contributed by atoms with E-state index in [0.29, 0.717) is 16.6 Å². The molecule has 0 aliphatic carbocycles. The fourth-order valence-electron chi connectivity index (χ4n) is 3.14. The minimum Gasteiger partial charge on any atom is -0.293 e. The molecule has 0 spiro atoms. The van der Waals surface area contributed by atoms with Gasteiger partial charge in [0.15, 0.2) is 11.0 Å². The molecule has 0 N–H and O–H groups in total. The summed E-state index contributed by atoms with van der Waals surface area (Å²) in [7, 11) is 0. The van der Waals surface area contributed by atoms with Crippen molar-refractivity contribution in [3.05, 3.63) is 77.5 Å². The molecule has 3 aromatic rings. The standard InChI is InChI=1S/C22H18N2O2S2/c1-2-12-24-21(26)20(14-18(25)19-11-6-13-27-19)28-22(24)23-17-10-5-8-15-7-3-4-9-16(15)17/h2-11,13,20H,1,12,14H2/t20-/m0/s1. The van der Waals surface area contributed by atoms with Crippen molar-refractivity contribution in [2.24, 2.45) is 4.99 Å². The molecule has 1 aliphatic heterocycles. The number of fused-ring (bicyclic) bond motifs is 1. The number of amidine groups is 1. The minimum atomic E-state index is -0.455. The molecule has 0 bridgehead atoms. The third-order valence-electron chi connectivity index (χ3n) is 4.48. The Morgan fingerprint density at radius 3 is 2.75 bits per heavy atom. The molecule has 1 atom stereocenters. The third-order valence-corrected chi connectivity index (χ3v) is 6.57. The first-order chi connectivity index (χ1) is 13.7. The van der Waals surface area contributed by atoms with Crippen LogP contribution in [0.3, 0.4) is 0 Å². The number of hydrogen-bond acceptors (Lipinski definition) is 5. The number of carbonyl (C=O) groups excluding carboxylic acids is 2. The van der Waals surface area contributed by atoms with E-state index in [9.17, 15) is 9.59 Å². The van der Waals surface area contributed by atoms with E-state index < -0.39 is 5.25 Å². The molecular weight excluding hydrogens is 388 g/mol. The largest absolute Gasteiger partial charge is 0.293 e. The van der Waals surface area contributed by atoms with Gasteiger partial charge in [0.2, 0.25) is 5.91 Å². The van der Waals surface area contributed by atoms with Crippen LogP contribution in [0, 0.1) is 0 Å². The van der Waals surface area contributed by atoms with Gasteiger partial charge >= 0.3 is 0 Å². The molecule has 6 heteroatoms. The number of Topliss-reactive ketones (excluding diaryl/α,β-unsaturated/α-hetero) is 1. The van der Waals surface area contributed by atoms with Gasteiger partial charge in [0.05, 0.1) is 15.8 Å². The summed E-state index contributed by atoms with van der Waals surface area (Å²) in [5, 5.41) is 4.16. The Bertz CT molecular complexity index is 1070. The molecule has 28 heavy (non-hydrogen) atoms. The van der Waals surface area contributed by atoms with Crippen LogP contribution in [0.4, 0.5) is 5.69 Å². The maximum atomic E-state index is 12.9. The SMILES string of the molecule is C=CCN1C(=O)[C@H](CC(=O)c2cccs2)SC1=Nc1cccc2ccccc12. The topological polar surface area (TPSA) is 49.7 Å². The van der Waals surface area contributed by atoms with Gasteiger partial charge in [-0.05, 0) is 22.9 Å². The van der Waals surface area contributed by atoms with Crippen LogP contribution in [0.2, 0.25) is 0 Å². The van der Waals surface area contributed by atoms with Gasteiger partial charge < -0.3 is 0 Å². The van der Waals surface area contributed by atoms with Crippen LogP contribution in [-0.2, 0) is 4.79 Å². The molecule has 4 rings (SSSR count). The second-order valence-electron chi connectivity index (χ2n) is 6.34. The van der Waals surface area contributed by atoms with Gasteiger partial charge in [-0.2, -0.15) is 0 Å². The van der Waals surface area contributed by atoms with Crippen molar-refractivity contribution in [2.45, 2.75) is 11.7 Å². The summed E-state index contributed by atoms with van der Waals surface area (Å²) in [5.41, 5.74) is 0.813. The molecule has 4 nitrogen and oxygen atoms in total. The van der Waals surface area contributed by atoms with E-state index in [1.54, 1.807) is 17.0 Å². The number of ketones is 1. The summed E-state index contributed by atoms with van der Waals surface area (Å²) in [6.07, 6.45) is 1.85. The van der Waals surface area contributed by atoms with Crippen LogP contribution in [0.5, 0.6) is 0 Å². The molecule has 2 heterocycles. The Hall–Kier alpha value is -2.70. The predicted molar refractivity (Wildman–Crippen MR) is 118 cm³/mol. The van der Waals surface area contributed by atoms with E-state index >= 15 is 0 Å². The lowest BCUT2D eigenvalue weighted by atomic mass is 10.1. The Morgan fingerprint density at radius 1 is 1.14 bits per heavy atom. The van der Waals surface area contributed by atoms with Gasteiger partial charge in [0.1, 0.15) is 0 Å². The van der Waals surface area contributed by atoms with E-state index in [2.05, 4.69) is 6.58 Å². The minimum absolute atomic E-state index is 0.00851. The summed E-state index contributed by atoms with van der Waals surface area (Å²) in [4.78, 5) is 32.5. The quantitative estimate of drug-likeness (QED) is 0.413. The highest BCUT2D eigenvalue weighted by Crippen LogP contribution is 2.34. The molecule has 1 saturated heterocycles. The number of carbonyl (C=O) groups is 2. The highest BCUT2D eigenvalue weighted by atomic mass is 32.2. The van der Waals surface area contributed by atoms with E-state index in [0.717, 1.165) is 16.5 Å². The Morgan fingerprint density at radius 2 is 1.96 bits per heavy atom. The van der Waals surface area contributed by atoms with Gasteiger partial charge in [-0.1, -0.05) is 60.3 Å². The van der Waals surface area contributed by atoms with Crippen LogP contribution in [-0.4, -0.2) is 33.6 Å². The van der Waals surface area contributed by atoms with Gasteiger partial charge in [-0.3, -0.25) is 14.5 Å². The van der Waals surface area contributed by atoms with Gasteiger partial charge in [-0.15, -0.1) is 17.9 Å². The Labute approximate surface area is 171 Å². The second-order valence-corrected chi connectivity index (χ2v) is 8.46. The maximum absolute atomic E-state index is 12.9. The zero-order valence-corrected chi connectivity index (χ0v) is 16.7. The van der Waals surface area contributed by atoms with Crippen molar-refractivity contribution < 1.29 is 9.59 Å². The average molecular weight is 407 g/mol. The Balaban J connectivity index is 1.65. The lowest BCUT2D eigenvalue weighted by Gasteiger charge is -2.14. The molecule has 1 aliphatic rings. The van der Waals surface area contributed by atoms with Crippen molar-refractivity contribution in [1.82, 2.24) is 4.90 Å². The summed E-state index contributed by atoms with van der Waals surface area (Å²) in [6, 6.07) is 17.6. The number of thiophene rings is 1. The van der Waals surface area contributed by atoms with Crippen LogP contribution < -0.4 is 0 Å². The van der Waals surface area contributed by atoms with Gasteiger partial charge in [0, 0.05) is 18.4 Å². The third kappa shape index (κ3) is 3.66. The number of aliphatic imine (C=N–C) groups is 1. The molecule has 0 unspecified atom stereocenters. The van der Waals surface area contributed by atoms with Crippen molar-refractivity contribution in [3.8, 4) is 0 Å². The second kappa shape index (κ2) is 8.12. The van der Waals surface area contributed by atoms with Gasteiger partial charge in [0.25, 0.3) is 0 Å². The van der Waals surface area contributed by atoms with E-state index in [1.807, 2.05) is 53.9 Å². The molecule has 1 aromatic heterocycles. The van der Waals surface area contributed by atoms with Crippen molar-refractivity contribution >= 4 is 56.4 Å². The predicted octanol–water partition coefficient (Wildman–Crippen LogP) is 5.29. The molecule has 0 radical (unpaired) electrons. The fourth-order valence-corrected chi connectivity index (χ4v) is 4.97. The van der Waals surface area contributed by atoms with Crippen molar-refractivity contribution in [3.63, 3.8) is 0 Å². The lowest BCUT2D eigenvalue weighted by Crippen LogP contribution is -2.32. The molecule has 1 amide bonds. The Kier molecular flexibility index (Phi) is 5.41.